The van der Waals surface area contributed by atoms with Crippen molar-refractivity contribution in [2.24, 2.45) is 11.8 Å². The van der Waals surface area contributed by atoms with Gasteiger partial charge >= 0.3 is 5.97 Å². The molecule has 3 atom stereocenters. The van der Waals surface area contributed by atoms with Gasteiger partial charge < -0.3 is 4.74 Å². The van der Waals surface area contributed by atoms with Crippen LogP contribution >= 0.6 is 0 Å². The molecule has 1 aromatic rings. The average Bonchev–Trinajstić information content (AvgIpc) is 3.10. The van der Waals surface area contributed by atoms with E-state index in [0.717, 1.165) is 18.4 Å². The molecule has 2 bridgehead atoms. The molecule has 0 amide bonds. The summed E-state index contributed by atoms with van der Waals surface area (Å²) in [5.74, 6) is 1.68. The zero-order valence-corrected chi connectivity index (χ0v) is 12.0. The minimum absolute atomic E-state index is 0.152. The molecule has 1 aromatic carbocycles. The summed E-state index contributed by atoms with van der Waals surface area (Å²) >= 11 is 0. The molecule has 106 valence electrons. The van der Waals surface area contributed by atoms with E-state index in [-0.39, 0.29) is 5.97 Å². The van der Waals surface area contributed by atoms with E-state index in [4.69, 9.17) is 4.74 Å². The Labute approximate surface area is 120 Å². The van der Waals surface area contributed by atoms with Crippen LogP contribution in [0.5, 0.6) is 0 Å². The first-order valence-electron chi connectivity index (χ1n) is 7.74. The molecule has 0 N–H and O–H groups in total. The van der Waals surface area contributed by atoms with Crippen LogP contribution in [-0.4, -0.2) is 12.6 Å². The third-order valence-electron chi connectivity index (χ3n) is 4.59. The summed E-state index contributed by atoms with van der Waals surface area (Å²) in [6, 6.07) is 7.99. The van der Waals surface area contributed by atoms with E-state index in [1.165, 1.54) is 18.4 Å². The normalized spacial score (nSPS) is 26.9. The SMILES string of the molecule is CCCCOC(=O)c1ccccc1C1CC2C=CC1C2. The minimum Gasteiger partial charge on any atom is -0.462 e. The number of ether oxygens (including phenoxy) is 1. The van der Waals surface area contributed by atoms with E-state index in [1.807, 2.05) is 18.2 Å². The van der Waals surface area contributed by atoms with Crippen molar-refractivity contribution in [3.8, 4) is 0 Å². The molecule has 2 aliphatic carbocycles. The van der Waals surface area contributed by atoms with Crippen molar-refractivity contribution in [1.29, 1.82) is 0 Å². The van der Waals surface area contributed by atoms with Crippen molar-refractivity contribution in [2.45, 2.75) is 38.5 Å². The van der Waals surface area contributed by atoms with Gasteiger partial charge in [0, 0.05) is 0 Å². The first-order chi connectivity index (χ1) is 9.79. The summed E-state index contributed by atoms with van der Waals surface area (Å²) in [5.41, 5.74) is 1.96. The van der Waals surface area contributed by atoms with Gasteiger partial charge in [-0.3, -0.25) is 0 Å². The largest absolute Gasteiger partial charge is 0.462 e. The predicted molar refractivity (Wildman–Crippen MR) is 79.7 cm³/mol. The van der Waals surface area contributed by atoms with Crippen LogP contribution in [0.4, 0.5) is 0 Å². The summed E-state index contributed by atoms with van der Waals surface area (Å²) in [5, 5.41) is 0. The quantitative estimate of drug-likeness (QED) is 0.452. The van der Waals surface area contributed by atoms with Gasteiger partial charge in [-0.15, -0.1) is 0 Å². The molecular formula is C18H22O2. The van der Waals surface area contributed by atoms with Crippen LogP contribution in [0.3, 0.4) is 0 Å². The summed E-state index contributed by atoms with van der Waals surface area (Å²) < 4.78 is 5.39. The van der Waals surface area contributed by atoms with Crippen molar-refractivity contribution in [1.82, 2.24) is 0 Å². The number of fused-ring (bicyclic) bond motifs is 2. The van der Waals surface area contributed by atoms with Gasteiger partial charge in [0.1, 0.15) is 0 Å². The van der Waals surface area contributed by atoms with Gasteiger partial charge in [-0.05, 0) is 48.6 Å². The number of hydrogen-bond acceptors (Lipinski definition) is 2. The van der Waals surface area contributed by atoms with E-state index < -0.39 is 0 Å². The van der Waals surface area contributed by atoms with Crippen LogP contribution in [0.25, 0.3) is 0 Å². The molecule has 2 aliphatic rings. The van der Waals surface area contributed by atoms with E-state index in [1.54, 1.807) is 0 Å². The molecule has 0 saturated heterocycles. The van der Waals surface area contributed by atoms with Crippen molar-refractivity contribution in [3.05, 3.63) is 47.5 Å². The van der Waals surface area contributed by atoms with Crippen molar-refractivity contribution < 1.29 is 9.53 Å². The standard InChI is InChI=1S/C18H22O2/c1-2-3-10-20-18(19)16-7-5-4-6-15(16)17-12-13-8-9-14(17)11-13/h4-9,13-14,17H,2-3,10-12H2,1H3. The van der Waals surface area contributed by atoms with Crippen molar-refractivity contribution in [2.75, 3.05) is 6.61 Å². The molecular weight excluding hydrogens is 248 g/mol. The monoisotopic (exact) mass is 270 g/mol. The molecule has 3 unspecified atom stereocenters. The molecule has 2 heteroatoms. The zero-order valence-electron chi connectivity index (χ0n) is 12.0. The fraction of sp³-hybridized carbons (Fsp3) is 0.500. The molecule has 0 heterocycles. The fourth-order valence-corrected chi connectivity index (χ4v) is 3.53. The van der Waals surface area contributed by atoms with Crippen LogP contribution < -0.4 is 0 Å². The summed E-state index contributed by atoms with van der Waals surface area (Å²) in [7, 11) is 0. The Bertz CT molecular complexity index is 518. The smallest absolute Gasteiger partial charge is 0.338 e. The van der Waals surface area contributed by atoms with Crippen LogP contribution in [0, 0.1) is 11.8 Å². The molecule has 0 radical (unpaired) electrons. The molecule has 2 nitrogen and oxygen atoms in total. The first kappa shape index (κ1) is 13.4. The lowest BCUT2D eigenvalue weighted by atomic mass is 9.84. The number of unbranched alkanes of at least 4 members (excludes halogenated alkanes) is 1. The summed E-state index contributed by atoms with van der Waals surface area (Å²) in [6.07, 6.45) is 9.09. The maximum atomic E-state index is 12.3. The second-order valence-corrected chi connectivity index (χ2v) is 5.96. The number of carbonyl (C=O) groups excluding carboxylic acids is 1. The Balaban J connectivity index is 1.78. The third kappa shape index (κ3) is 2.52. The molecule has 0 aromatic heterocycles. The minimum atomic E-state index is -0.152. The van der Waals surface area contributed by atoms with Gasteiger partial charge in [0.25, 0.3) is 0 Å². The number of hydrogen-bond donors (Lipinski definition) is 0. The number of carbonyl (C=O) groups is 1. The lowest BCUT2D eigenvalue weighted by molar-refractivity contribution is 0.0497. The maximum Gasteiger partial charge on any atom is 0.338 e. The average molecular weight is 270 g/mol. The number of esters is 1. The van der Waals surface area contributed by atoms with Crippen LogP contribution in [0.2, 0.25) is 0 Å². The highest BCUT2D eigenvalue weighted by atomic mass is 16.5. The molecule has 20 heavy (non-hydrogen) atoms. The second-order valence-electron chi connectivity index (χ2n) is 5.96. The Morgan fingerprint density at radius 2 is 2.10 bits per heavy atom. The number of allylic oxidation sites excluding steroid dienone is 2. The van der Waals surface area contributed by atoms with Crippen LogP contribution in [0.15, 0.2) is 36.4 Å². The van der Waals surface area contributed by atoms with E-state index in [0.29, 0.717) is 24.4 Å². The fourth-order valence-electron chi connectivity index (χ4n) is 3.53. The van der Waals surface area contributed by atoms with Gasteiger partial charge in [-0.2, -0.15) is 0 Å². The van der Waals surface area contributed by atoms with Gasteiger partial charge in [0.05, 0.1) is 12.2 Å². The number of rotatable bonds is 5. The lowest BCUT2D eigenvalue weighted by Gasteiger charge is -2.21. The van der Waals surface area contributed by atoms with Crippen molar-refractivity contribution in [3.63, 3.8) is 0 Å². The summed E-state index contributed by atoms with van der Waals surface area (Å²) in [4.78, 5) is 12.3. The van der Waals surface area contributed by atoms with Crippen LogP contribution in [-0.2, 0) is 4.74 Å². The van der Waals surface area contributed by atoms with Gasteiger partial charge in [-0.1, -0.05) is 43.7 Å². The van der Waals surface area contributed by atoms with Gasteiger partial charge in [0.2, 0.25) is 0 Å². The Hall–Kier alpha value is -1.57. The van der Waals surface area contributed by atoms with Crippen LogP contribution in [0.1, 0.15) is 54.4 Å². The predicted octanol–water partition coefficient (Wildman–Crippen LogP) is 4.32. The number of benzene rings is 1. The Morgan fingerprint density at radius 3 is 2.80 bits per heavy atom. The van der Waals surface area contributed by atoms with Gasteiger partial charge in [-0.25, -0.2) is 4.79 Å². The zero-order chi connectivity index (χ0) is 13.9. The third-order valence-corrected chi connectivity index (χ3v) is 4.59. The summed E-state index contributed by atoms with van der Waals surface area (Å²) in [6.45, 7) is 2.63. The molecule has 1 saturated carbocycles. The highest BCUT2D eigenvalue weighted by molar-refractivity contribution is 5.91. The first-order valence-corrected chi connectivity index (χ1v) is 7.74. The van der Waals surface area contributed by atoms with E-state index in [9.17, 15) is 4.79 Å². The molecule has 0 spiro atoms. The maximum absolute atomic E-state index is 12.3. The highest BCUT2D eigenvalue weighted by Gasteiger charge is 2.37. The second kappa shape index (κ2) is 5.82. The van der Waals surface area contributed by atoms with E-state index >= 15 is 0 Å². The molecule has 0 aliphatic heterocycles. The Morgan fingerprint density at radius 1 is 1.25 bits per heavy atom. The van der Waals surface area contributed by atoms with E-state index in [2.05, 4.69) is 25.1 Å². The lowest BCUT2D eigenvalue weighted by Crippen LogP contribution is -2.14. The van der Waals surface area contributed by atoms with Gasteiger partial charge in [0.15, 0.2) is 0 Å². The Kier molecular flexibility index (Phi) is 3.90. The molecule has 1 fully saturated rings. The highest BCUT2D eigenvalue weighted by Crippen LogP contribution is 2.49. The van der Waals surface area contributed by atoms with Crippen molar-refractivity contribution >= 4 is 5.97 Å². The topological polar surface area (TPSA) is 26.3 Å². The molecule has 3 rings (SSSR count).